The van der Waals surface area contributed by atoms with Crippen LogP contribution in [0.15, 0.2) is 24.3 Å². The van der Waals surface area contributed by atoms with Gasteiger partial charge in [-0.25, -0.2) is 0 Å². The molecule has 0 aromatic heterocycles. The number of carbonyl (C=O) groups excluding carboxylic acids is 1. The summed E-state index contributed by atoms with van der Waals surface area (Å²) in [6.07, 6.45) is 0.151. The van der Waals surface area contributed by atoms with Crippen molar-refractivity contribution < 1.29 is 19.4 Å². The Hall–Kier alpha value is -1.84. The number of aliphatic carboxylic acids is 1. The van der Waals surface area contributed by atoms with Gasteiger partial charge in [0.05, 0.1) is 19.4 Å². The second kappa shape index (κ2) is 5.90. The molecular weight excluding hydrogens is 208 g/mol. The molecule has 16 heavy (non-hydrogen) atoms. The van der Waals surface area contributed by atoms with Crippen LogP contribution in [0.25, 0.3) is 0 Å². The smallest absolute Gasteiger partial charge is 0.310 e. The number of esters is 1. The summed E-state index contributed by atoms with van der Waals surface area (Å²) in [4.78, 5) is 21.7. The zero-order valence-electron chi connectivity index (χ0n) is 9.10. The van der Waals surface area contributed by atoms with Crippen LogP contribution in [-0.2, 0) is 27.2 Å². The van der Waals surface area contributed by atoms with Gasteiger partial charge in [0, 0.05) is 0 Å². The third-order valence-electron chi connectivity index (χ3n) is 2.00. The summed E-state index contributed by atoms with van der Waals surface area (Å²) in [5, 5.41) is 8.63. The lowest BCUT2D eigenvalue weighted by molar-refractivity contribution is -0.142. The van der Waals surface area contributed by atoms with E-state index in [4.69, 9.17) is 9.84 Å². The Morgan fingerprint density at radius 1 is 1.25 bits per heavy atom. The first kappa shape index (κ1) is 12.2. The largest absolute Gasteiger partial charge is 0.481 e. The van der Waals surface area contributed by atoms with Crippen LogP contribution in [-0.4, -0.2) is 23.7 Å². The zero-order valence-corrected chi connectivity index (χ0v) is 9.10. The number of carboxylic acids is 1. The SMILES string of the molecule is CCOC(=O)Cc1cccc(CC(=O)O)c1. The van der Waals surface area contributed by atoms with Crippen LogP contribution < -0.4 is 0 Å². The van der Waals surface area contributed by atoms with Crippen molar-refractivity contribution >= 4 is 11.9 Å². The standard InChI is InChI=1S/C12H14O4/c1-2-16-12(15)8-10-5-3-4-9(6-10)7-11(13)14/h3-6H,2,7-8H2,1H3,(H,13,14). The van der Waals surface area contributed by atoms with E-state index in [9.17, 15) is 9.59 Å². The average molecular weight is 222 g/mol. The van der Waals surface area contributed by atoms with E-state index in [1.807, 2.05) is 0 Å². The Morgan fingerprint density at radius 3 is 2.44 bits per heavy atom. The van der Waals surface area contributed by atoms with Gasteiger partial charge in [0.25, 0.3) is 0 Å². The second-order valence-electron chi connectivity index (χ2n) is 3.37. The molecule has 0 aliphatic heterocycles. The van der Waals surface area contributed by atoms with Crippen LogP contribution >= 0.6 is 0 Å². The Bertz CT molecular complexity index is 384. The first-order valence-corrected chi connectivity index (χ1v) is 5.07. The molecule has 86 valence electrons. The number of carboxylic acid groups (broad SMARTS) is 1. The van der Waals surface area contributed by atoms with Gasteiger partial charge in [-0.3, -0.25) is 9.59 Å². The van der Waals surface area contributed by atoms with E-state index in [1.54, 1.807) is 31.2 Å². The maximum atomic E-state index is 11.2. The molecule has 0 spiro atoms. The first-order chi connectivity index (χ1) is 7.61. The van der Waals surface area contributed by atoms with Gasteiger partial charge in [0.2, 0.25) is 0 Å². The van der Waals surface area contributed by atoms with Crippen molar-refractivity contribution in [2.75, 3.05) is 6.61 Å². The highest BCUT2D eigenvalue weighted by Gasteiger charge is 2.06. The molecule has 0 aliphatic carbocycles. The molecule has 0 fully saturated rings. The van der Waals surface area contributed by atoms with Crippen molar-refractivity contribution in [1.29, 1.82) is 0 Å². The minimum Gasteiger partial charge on any atom is -0.481 e. The molecule has 0 radical (unpaired) electrons. The van der Waals surface area contributed by atoms with Gasteiger partial charge in [0.15, 0.2) is 0 Å². The number of hydrogen-bond donors (Lipinski definition) is 1. The summed E-state index contributed by atoms with van der Waals surface area (Å²) in [6.45, 7) is 2.10. The summed E-state index contributed by atoms with van der Waals surface area (Å²) in [5.41, 5.74) is 1.46. The van der Waals surface area contributed by atoms with Crippen LogP contribution in [0.2, 0.25) is 0 Å². The molecule has 4 nitrogen and oxygen atoms in total. The highest BCUT2D eigenvalue weighted by atomic mass is 16.5. The Morgan fingerprint density at radius 2 is 1.88 bits per heavy atom. The minimum absolute atomic E-state index is 0.0311. The lowest BCUT2D eigenvalue weighted by Gasteiger charge is -2.03. The topological polar surface area (TPSA) is 63.6 Å². The molecule has 0 bridgehead atoms. The molecule has 1 rings (SSSR count). The van der Waals surface area contributed by atoms with Crippen molar-refractivity contribution in [2.45, 2.75) is 19.8 Å². The lowest BCUT2D eigenvalue weighted by Crippen LogP contribution is -2.08. The number of rotatable bonds is 5. The fraction of sp³-hybridized carbons (Fsp3) is 0.333. The van der Waals surface area contributed by atoms with E-state index >= 15 is 0 Å². The monoisotopic (exact) mass is 222 g/mol. The first-order valence-electron chi connectivity index (χ1n) is 5.07. The lowest BCUT2D eigenvalue weighted by atomic mass is 10.1. The summed E-state index contributed by atoms with van der Waals surface area (Å²) in [7, 11) is 0. The van der Waals surface area contributed by atoms with Gasteiger partial charge in [-0.15, -0.1) is 0 Å². The van der Waals surface area contributed by atoms with E-state index in [2.05, 4.69) is 0 Å². The van der Waals surface area contributed by atoms with E-state index in [0.29, 0.717) is 12.2 Å². The molecule has 0 amide bonds. The van der Waals surface area contributed by atoms with E-state index < -0.39 is 5.97 Å². The number of hydrogen-bond acceptors (Lipinski definition) is 3. The normalized spacial score (nSPS) is 9.81. The highest BCUT2D eigenvalue weighted by molar-refractivity contribution is 5.73. The van der Waals surface area contributed by atoms with Gasteiger partial charge >= 0.3 is 11.9 Å². The predicted octanol–water partition coefficient (Wildman–Crippen LogP) is 1.42. The van der Waals surface area contributed by atoms with Crippen molar-refractivity contribution in [3.8, 4) is 0 Å². The quantitative estimate of drug-likeness (QED) is 0.765. The Kier molecular flexibility index (Phi) is 4.51. The van der Waals surface area contributed by atoms with Crippen LogP contribution in [0.3, 0.4) is 0 Å². The predicted molar refractivity (Wildman–Crippen MR) is 58.1 cm³/mol. The molecule has 0 saturated carbocycles. The zero-order chi connectivity index (χ0) is 12.0. The second-order valence-corrected chi connectivity index (χ2v) is 3.37. The molecule has 0 saturated heterocycles. The third-order valence-corrected chi connectivity index (χ3v) is 2.00. The van der Waals surface area contributed by atoms with Gasteiger partial charge < -0.3 is 9.84 Å². The molecule has 0 atom stereocenters. The molecule has 0 unspecified atom stereocenters. The highest BCUT2D eigenvalue weighted by Crippen LogP contribution is 2.07. The minimum atomic E-state index is -0.881. The summed E-state index contributed by atoms with van der Waals surface area (Å²) in [6, 6.07) is 6.96. The van der Waals surface area contributed by atoms with Crippen molar-refractivity contribution in [1.82, 2.24) is 0 Å². The molecule has 1 N–H and O–H groups in total. The van der Waals surface area contributed by atoms with Crippen molar-refractivity contribution in [3.05, 3.63) is 35.4 Å². The molecule has 1 aromatic rings. The van der Waals surface area contributed by atoms with Gasteiger partial charge in [-0.2, -0.15) is 0 Å². The van der Waals surface area contributed by atoms with Gasteiger partial charge in [-0.05, 0) is 18.1 Å². The Balaban J connectivity index is 2.67. The maximum Gasteiger partial charge on any atom is 0.310 e. The number of carbonyl (C=O) groups is 2. The van der Waals surface area contributed by atoms with E-state index in [1.165, 1.54) is 0 Å². The summed E-state index contributed by atoms with van der Waals surface area (Å²) >= 11 is 0. The van der Waals surface area contributed by atoms with Crippen LogP contribution in [0.1, 0.15) is 18.1 Å². The van der Waals surface area contributed by atoms with Gasteiger partial charge in [0.1, 0.15) is 0 Å². The van der Waals surface area contributed by atoms with Gasteiger partial charge in [-0.1, -0.05) is 24.3 Å². The van der Waals surface area contributed by atoms with Crippen LogP contribution in [0, 0.1) is 0 Å². The number of benzene rings is 1. The number of ether oxygens (including phenoxy) is 1. The summed E-state index contributed by atoms with van der Waals surface area (Å²) < 4.78 is 4.81. The molecule has 0 heterocycles. The molecular formula is C12H14O4. The Labute approximate surface area is 93.9 Å². The van der Waals surface area contributed by atoms with Crippen molar-refractivity contribution in [3.63, 3.8) is 0 Å². The molecule has 1 aromatic carbocycles. The summed E-state index contributed by atoms with van der Waals surface area (Å²) in [5.74, 6) is -1.18. The van der Waals surface area contributed by atoms with Crippen LogP contribution in [0.4, 0.5) is 0 Å². The van der Waals surface area contributed by atoms with Crippen LogP contribution in [0.5, 0.6) is 0 Å². The molecule has 0 aliphatic rings. The van der Waals surface area contributed by atoms with Crippen molar-refractivity contribution in [2.24, 2.45) is 0 Å². The van der Waals surface area contributed by atoms with E-state index in [-0.39, 0.29) is 18.8 Å². The maximum absolute atomic E-state index is 11.2. The van der Waals surface area contributed by atoms with E-state index in [0.717, 1.165) is 5.56 Å². The average Bonchev–Trinajstić information content (AvgIpc) is 2.17. The molecule has 4 heteroatoms. The third kappa shape index (κ3) is 4.13. The fourth-order valence-corrected chi connectivity index (χ4v) is 1.40. The fourth-order valence-electron chi connectivity index (χ4n) is 1.40.